The molecule has 2 heteroatoms. The second kappa shape index (κ2) is 10.8. The molecule has 2 nitrogen and oxygen atoms in total. The minimum Gasteiger partial charge on any atom is -0.462 e. The minimum absolute atomic E-state index is 0.0765. The summed E-state index contributed by atoms with van der Waals surface area (Å²) in [5, 5.41) is 0. The second-order valence-corrected chi connectivity index (χ2v) is 14.1. The van der Waals surface area contributed by atoms with E-state index in [2.05, 4.69) is 41.5 Å². The highest BCUT2D eigenvalue weighted by Crippen LogP contribution is 2.68. The van der Waals surface area contributed by atoms with E-state index in [9.17, 15) is 4.79 Å². The fourth-order valence-electron chi connectivity index (χ4n) is 10.0. The average molecular weight is 473 g/mol. The summed E-state index contributed by atoms with van der Waals surface area (Å²) in [6.07, 6.45) is 19.3. The van der Waals surface area contributed by atoms with Gasteiger partial charge in [0, 0.05) is 11.8 Å². The zero-order valence-electron chi connectivity index (χ0n) is 23.5. The molecule has 0 heterocycles. The maximum atomic E-state index is 12.7. The number of ether oxygens (including phenoxy) is 1. The molecule has 0 N–H and O–H groups in total. The van der Waals surface area contributed by atoms with Gasteiger partial charge in [-0.1, -0.05) is 67.2 Å². The smallest absolute Gasteiger partial charge is 0.306 e. The Morgan fingerprint density at radius 2 is 1.71 bits per heavy atom. The molecule has 0 saturated heterocycles. The molecule has 4 fully saturated rings. The van der Waals surface area contributed by atoms with Gasteiger partial charge in [-0.05, 0) is 111 Å². The third kappa shape index (κ3) is 4.87. The maximum Gasteiger partial charge on any atom is 0.306 e. The van der Waals surface area contributed by atoms with E-state index in [0.717, 1.165) is 60.7 Å². The van der Waals surface area contributed by atoms with Gasteiger partial charge in [0.25, 0.3) is 0 Å². The van der Waals surface area contributed by atoms with Crippen LogP contribution in [0.5, 0.6) is 0 Å². The molecule has 34 heavy (non-hydrogen) atoms. The van der Waals surface area contributed by atoms with Gasteiger partial charge in [0.15, 0.2) is 0 Å². The van der Waals surface area contributed by atoms with Crippen molar-refractivity contribution in [2.24, 2.45) is 52.3 Å². The lowest BCUT2D eigenvalue weighted by Gasteiger charge is -2.62. The average Bonchev–Trinajstić information content (AvgIpc) is 3.15. The zero-order chi connectivity index (χ0) is 24.5. The summed E-state index contributed by atoms with van der Waals surface area (Å²) in [7, 11) is 0. The SMILES string of the molecule is CCCCC(=O)OC1CCCC2CC[C@@H]3[C@H](CC[C@]4(C)[C@@H]([C@H](C)CCCC(C)C)CC[C@@H]34)[C@]21C. The van der Waals surface area contributed by atoms with E-state index in [4.69, 9.17) is 4.74 Å². The van der Waals surface area contributed by atoms with Gasteiger partial charge in [-0.25, -0.2) is 0 Å². The van der Waals surface area contributed by atoms with E-state index >= 15 is 0 Å². The number of esters is 1. The van der Waals surface area contributed by atoms with Crippen LogP contribution in [0.2, 0.25) is 0 Å². The van der Waals surface area contributed by atoms with Crippen molar-refractivity contribution in [1.29, 1.82) is 0 Å². The summed E-state index contributed by atoms with van der Waals surface area (Å²) in [5.74, 6) is 6.01. The Bertz CT molecular complexity index is 684. The van der Waals surface area contributed by atoms with Crippen molar-refractivity contribution in [3.05, 3.63) is 0 Å². The largest absolute Gasteiger partial charge is 0.462 e. The molecule has 0 aromatic heterocycles. The Morgan fingerprint density at radius 3 is 2.44 bits per heavy atom. The number of carbonyl (C=O) groups is 1. The summed E-state index contributed by atoms with van der Waals surface area (Å²) in [6.45, 7) is 14.7. The number of unbranched alkanes of at least 4 members (excludes halogenated alkanes) is 1. The predicted octanol–water partition coefficient (Wildman–Crippen LogP) is 9.21. The van der Waals surface area contributed by atoms with Gasteiger partial charge in [0.2, 0.25) is 0 Å². The molecule has 0 spiro atoms. The molecule has 4 rings (SSSR count). The van der Waals surface area contributed by atoms with Gasteiger partial charge in [-0.15, -0.1) is 0 Å². The van der Waals surface area contributed by atoms with E-state index in [1.54, 1.807) is 0 Å². The Hall–Kier alpha value is -0.530. The summed E-state index contributed by atoms with van der Waals surface area (Å²) in [4.78, 5) is 12.7. The van der Waals surface area contributed by atoms with Crippen LogP contribution in [0.15, 0.2) is 0 Å². The highest BCUT2D eigenvalue weighted by Gasteiger charge is 2.62. The van der Waals surface area contributed by atoms with Crippen molar-refractivity contribution in [3.63, 3.8) is 0 Å². The molecule has 4 aliphatic rings. The van der Waals surface area contributed by atoms with Crippen molar-refractivity contribution in [3.8, 4) is 0 Å². The van der Waals surface area contributed by atoms with Crippen molar-refractivity contribution in [1.82, 2.24) is 0 Å². The first kappa shape index (κ1) is 26.5. The Morgan fingerprint density at radius 1 is 0.912 bits per heavy atom. The number of fused-ring (bicyclic) bond motifs is 5. The van der Waals surface area contributed by atoms with Gasteiger partial charge in [-0.3, -0.25) is 4.79 Å². The third-order valence-corrected chi connectivity index (χ3v) is 11.9. The Balaban J connectivity index is 1.48. The molecular weight excluding hydrogens is 416 g/mol. The van der Waals surface area contributed by atoms with Crippen LogP contribution in [-0.4, -0.2) is 12.1 Å². The number of hydrogen-bond donors (Lipinski definition) is 0. The first-order chi connectivity index (χ1) is 16.2. The lowest BCUT2D eigenvalue weighted by molar-refractivity contribution is -0.192. The minimum atomic E-state index is 0.0765. The van der Waals surface area contributed by atoms with Crippen LogP contribution in [0.25, 0.3) is 0 Å². The van der Waals surface area contributed by atoms with E-state index in [1.807, 2.05) is 0 Å². The fourth-order valence-corrected chi connectivity index (χ4v) is 10.0. The molecule has 4 saturated carbocycles. The lowest BCUT2D eigenvalue weighted by Crippen LogP contribution is -2.58. The molecule has 9 atom stereocenters. The number of carbonyl (C=O) groups excluding carboxylic acids is 1. The topological polar surface area (TPSA) is 26.3 Å². The first-order valence-electron chi connectivity index (χ1n) is 15.4. The highest BCUT2D eigenvalue weighted by atomic mass is 16.5. The standard InChI is InChI=1S/C32H56O2/c1-7-8-15-30(33)34-29-14-10-13-24-16-17-25-27-19-18-26(23(4)12-9-11-22(2)3)31(27,5)21-20-28(25)32(24,29)6/h22-29H,7-21H2,1-6H3/t23-,24?,25+,26-,27+,28+,29?,31-,32+/m1/s1. The Kier molecular flexibility index (Phi) is 8.46. The van der Waals surface area contributed by atoms with Crippen LogP contribution in [0.3, 0.4) is 0 Å². The molecule has 0 amide bonds. The highest BCUT2D eigenvalue weighted by molar-refractivity contribution is 5.69. The van der Waals surface area contributed by atoms with Crippen LogP contribution in [0.4, 0.5) is 0 Å². The van der Waals surface area contributed by atoms with E-state index in [-0.39, 0.29) is 17.5 Å². The summed E-state index contributed by atoms with van der Waals surface area (Å²) < 4.78 is 6.34. The predicted molar refractivity (Wildman–Crippen MR) is 142 cm³/mol. The zero-order valence-corrected chi connectivity index (χ0v) is 23.5. The van der Waals surface area contributed by atoms with Crippen LogP contribution < -0.4 is 0 Å². The van der Waals surface area contributed by atoms with Gasteiger partial charge >= 0.3 is 5.97 Å². The third-order valence-electron chi connectivity index (χ3n) is 11.9. The summed E-state index contributed by atoms with van der Waals surface area (Å²) in [6, 6.07) is 0. The summed E-state index contributed by atoms with van der Waals surface area (Å²) >= 11 is 0. The first-order valence-corrected chi connectivity index (χ1v) is 15.4. The quantitative estimate of drug-likeness (QED) is 0.313. The van der Waals surface area contributed by atoms with Crippen LogP contribution in [0, 0.1) is 52.3 Å². The van der Waals surface area contributed by atoms with Crippen LogP contribution in [0.1, 0.15) is 138 Å². The lowest BCUT2D eigenvalue weighted by atomic mass is 9.44. The monoisotopic (exact) mass is 472 g/mol. The van der Waals surface area contributed by atoms with E-state index < -0.39 is 0 Å². The van der Waals surface area contributed by atoms with Crippen molar-refractivity contribution < 1.29 is 9.53 Å². The van der Waals surface area contributed by atoms with Gasteiger partial charge in [0.05, 0.1) is 0 Å². The molecule has 0 radical (unpaired) electrons. The normalized spacial score (nSPS) is 42.6. The molecule has 2 unspecified atom stereocenters. The molecule has 0 aromatic carbocycles. The van der Waals surface area contributed by atoms with Gasteiger partial charge in [-0.2, -0.15) is 0 Å². The molecule has 0 bridgehead atoms. The maximum absolute atomic E-state index is 12.7. The van der Waals surface area contributed by atoms with Crippen LogP contribution in [-0.2, 0) is 9.53 Å². The summed E-state index contributed by atoms with van der Waals surface area (Å²) in [5.41, 5.74) is 0.759. The molecular formula is C32H56O2. The second-order valence-electron chi connectivity index (χ2n) is 14.1. The number of rotatable bonds is 9. The van der Waals surface area contributed by atoms with Gasteiger partial charge < -0.3 is 4.74 Å². The molecule has 0 aliphatic heterocycles. The molecule has 4 aliphatic carbocycles. The van der Waals surface area contributed by atoms with Crippen molar-refractivity contribution in [2.45, 2.75) is 144 Å². The van der Waals surface area contributed by atoms with E-state index in [1.165, 1.54) is 70.6 Å². The molecule has 0 aromatic rings. The van der Waals surface area contributed by atoms with Crippen molar-refractivity contribution >= 4 is 5.97 Å². The molecule has 196 valence electrons. The van der Waals surface area contributed by atoms with Gasteiger partial charge in [0.1, 0.15) is 6.10 Å². The number of hydrogen-bond acceptors (Lipinski definition) is 2. The van der Waals surface area contributed by atoms with E-state index in [0.29, 0.717) is 11.8 Å². The fraction of sp³-hybridized carbons (Fsp3) is 0.969. The van der Waals surface area contributed by atoms with Crippen molar-refractivity contribution in [2.75, 3.05) is 0 Å². The van der Waals surface area contributed by atoms with Crippen LogP contribution >= 0.6 is 0 Å². The Labute approximate surface area is 211 Å².